The molecule has 1 heterocycles. The van der Waals surface area contributed by atoms with Crippen molar-refractivity contribution < 1.29 is 9.53 Å². The Balaban J connectivity index is 1.79. The molecule has 5 heteroatoms. The first-order chi connectivity index (χ1) is 10.7. The number of halogens is 1. The molecule has 4 nitrogen and oxygen atoms in total. The number of fused-ring (bicyclic) bond motifs is 1. The number of anilines is 1. The molecule has 0 aliphatic rings. The molecule has 0 saturated carbocycles. The van der Waals surface area contributed by atoms with E-state index in [4.69, 9.17) is 16.3 Å². The lowest BCUT2D eigenvalue weighted by atomic mass is 10.1. The number of benzene rings is 2. The molecule has 0 atom stereocenters. The Morgan fingerprint density at radius 2 is 2.09 bits per heavy atom. The maximum Gasteiger partial charge on any atom is 0.228 e. The largest absolute Gasteiger partial charge is 0.495 e. The SMILES string of the molecule is COc1ccc(Cl)cc1NC(=O)Cc1c[nH]c2ccccc12. The Bertz CT molecular complexity index is 826. The van der Waals surface area contributed by atoms with Gasteiger partial charge >= 0.3 is 0 Å². The summed E-state index contributed by atoms with van der Waals surface area (Å²) >= 11 is 5.97. The van der Waals surface area contributed by atoms with E-state index in [0.29, 0.717) is 16.5 Å². The van der Waals surface area contributed by atoms with Crippen LogP contribution in [0.2, 0.25) is 5.02 Å². The predicted octanol–water partition coefficient (Wildman–Crippen LogP) is 4.01. The number of amides is 1. The molecule has 0 spiro atoms. The number of hydrogen-bond acceptors (Lipinski definition) is 2. The van der Waals surface area contributed by atoms with Gasteiger partial charge < -0.3 is 15.0 Å². The van der Waals surface area contributed by atoms with E-state index in [1.165, 1.54) is 0 Å². The van der Waals surface area contributed by atoms with Crippen LogP contribution in [0.5, 0.6) is 5.75 Å². The summed E-state index contributed by atoms with van der Waals surface area (Å²) in [5.74, 6) is 0.460. The minimum absolute atomic E-state index is 0.120. The number of methoxy groups -OCH3 is 1. The quantitative estimate of drug-likeness (QED) is 0.764. The zero-order valence-electron chi connectivity index (χ0n) is 12.0. The van der Waals surface area contributed by atoms with Crippen LogP contribution >= 0.6 is 11.6 Å². The Morgan fingerprint density at radius 1 is 1.27 bits per heavy atom. The van der Waals surface area contributed by atoms with Gasteiger partial charge in [-0.1, -0.05) is 29.8 Å². The summed E-state index contributed by atoms with van der Waals surface area (Å²) in [4.78, 5) is 15.4. The molecule has 0 bridgehead atoms. The van der Waals surface area contributed by atoms with Crippen LogP contribution < -0.4 is 10.1 Å². The average Bonchev–Trinajstić information content (AvgIpc) is 2.91. The normalized spacial score (nSPS) is 10.6. The second kappa shape index (κ2) is 6.12. The van der Waals surface area contributed by atoms with Crippen molar-refractivity contribution >= 4 is 34.1 Å². The fourth-order valence-electron chi connectivity index (χ4n) is 2.42. The number of aromatic amines is 1. The van der Waals surface area contributed by atoms with Crippen molar-refractivity contribution in [3.63, 3.8) is 0 Å². The smallest absolute Gasteiger partial charge is 0.228 e. The summed E-state index contributed by atoms with van der Waals surface area (Å²) in [6.07, 6.45) is 2.14. The summed E-state index contributed by atoms with van der Waals surface area (Å²) in [6.45, 7) is 0. The highest BCUT2D eigenvalue weighted by Crippen LogP contribution is 2.28. The van der Waals surface area contributed by atoms with Crippen LogP contribution in [0, 0.1) is 0 Å². The molecule has 1 aromatic heterocycles. The summed E-state index contributed by atoms with van der Waals surface area (Å²) in [7, 11) is 1.55. The van der Waals surface area contributed by atoms with Gasteiger partial charge in [-0.2, -0.15) is 0 Å². The van der Waals surface area contributed by atoms with E-state index in [1.807, 2.05) is 30.5 Å². The fourth-order valence-corrected chi connectivity index (χ4v) is 2.60. The zero-order valence-corrected chi connectivity index (χ0v) is 12.8. The van der Waals surface area contributed by atoms with E-state index in [0.717, 1.165) is 16.5 Å². The maximum atomic E-state index is 12.3. The van der Waals surface area contributed by atoms with Crippen molar-refractivity contribution in [2.75, 3.05) is 12.4 Å². The van der Waals surface area contributed by atoms with Gasteiger partial charge in [-0.3, -0.25) is 4.79 Å². The van der Waals surface area contributed by atoms with Crippen molar-refractivity contribution in [1.82, 2.24) is 4.98 Å². The van der Waals surface area contributed by atoms with Gasteiger partial charge in [-0.25, -0.2) is 0 Å². The summed E-state index contributed by atoms with van der Waals surface area (Å²) in [5.41, 5.74) is 2.54. The van der Waals surface area contributed by atoms with Crippen LogP contribution in [-0.2, 0) is 11.2 Å². The second-order valence-corrected chi connectivity index (χ2v) is 5.37. The molecule has 0 aliphatic carbocycles. The van der Waals surface area contributed by atoms with Gasteiger partial charge in [0.25, 0.3) is 0 Å². The van der Waals surface area contributed by atoms with Crippen molar-refractivity contribution in [3.05, 3.63) is 59.2 Å². The van der Waals surface area contributed by atoms with Gasteiger partial charge in [0.2, 0.25) is 5.91 Å². The minimum Gasteiger partial charge on any atom is -0.495 e. The lowest BCUT2D eigenvalue weighted by Gasteiger charge is -2.10. The number of aromatic nitrogens is 1. The Kier molecular flexibility index (Phi) is 4.02. The summed E-state index contributed by atoms with van der Waals surface area (Å²) in [6, 6.07) is 13.0. The number of carbonyl (C=O) groups excluding carboxylic acids is 1. The topological polar surface area (TPSA) is 54.1 Å². The molecule has 3 aromatic rings. The molecule has 112 valence electrons. The molecule has 2 aromatic carbocycles. The van der Waals surface area contributed by atoms with Gasteiger partial charge in [0, 0.05) is 22.1 Å². The highest BCUT2D eigenvalue weighted by Gasteiger charge is 2.11. The minimum atomic E-state index is -0.120. The third kappa shape index (κ3) is 2.92. The lowest BCUT2D eigenvalue weighted by Crippen LogP contribution is -2.14. The van der Waals surface area contributed by atoms with Crippen molar-refractivity contribution in [2.45, 2.75) is 6.42 Å². The molecule has 2 N–H and O–H groups in total. The van der Waals surface area contributed by atoms with Crippen molar-refractivity contribution in [2.24, 2.45) is 0 Å². The van der Waals surface area contributed by atoms with Gasteiger partial charge in [-0.15, -0.1) is 0 Å². The first-order valence-electron chi connectivity index (χ1n) is 6.86. The molecule has 0 radical (unpaired) electrons. The molecule has 0 saturated heterocycles. The van der Waals surface area contributed by atoms with Gasteiger partial charge in [0.1, 0.15) is 5.75 Å². The number of nitrogens with one attached hydrogen (secondary N) is 2. The first-order valence-corrected chi connectivity index (χ1v) is 7.23. The highest BCUT2D eigenvalue weighted by molar-refractivity contribution is 6.31. The molecule has 3 rings (SSSR count). The molecular formula is C17H15ClN2O2. The standard InChI is InChI=1S/C17H15ClN2O2/c1-22-16-7-6-12(18)9-15(16)20-17(21)8-11-10-19-14-5-3-2-4-13(11)14/h2-7,9-10,19H,8H2,1H3,(H,20,21). The number of hydrogen-bond donors (Lipinski definition) is 2. The molecule has 1 amide bonds. The monoisotopic (exact) mass is 314 g/mol. The summed E-state index contributed by atoms with van der Waals surface area (Å²) in [5, 5.41) is 4.44. The second-order valence-electron chi connectivity index (χ2n) is 4.93. The maximum absolute atomic E-state index is 12.3. The zero-order chi connectivity index (χ0) is 15.5. The third-order valence-corrected chi connectivity index (χ3v) is 3.70. The Hall–Kier alpha value is -2.46. The van der Waals surface area contributed by atoms with E-state index in [-0.39, 0.29) is 12.3 Å². The lowest BCUT2D eigenvalue weighted by molar-refractivity contribution is -0.115. The molecule has 0 fully saturated rings. The third-order valence-electron chi connectivity index (χ3n) is 3.46. The van der Waals surface area contributed by atoms with Gasteiger partial charge in [0.05, 0.1) is 19.2 Å². The Labute approximate surface area is 133 Å². The van der Waals surface area contributed by atoms with E-state index in [2.05, 4.69) is 10.3 Å². The van der Waals surface area contributed by atoms with Crippen LogP contribution in [0.15, 0.2) is 48.7 Å². The van der Waals surface area contributed by atoms with E-state index >= 15 is 0 Å². The van der Waals surface area contributed by atoms with Crippen LogP contribution in [0.25, 0.3) is 10.9 Å². The molecular weight excluding hydrogens is 300 g/mol. The molecule has 0 unspecified atom stereocenters. The molecule has 0 aliphatic heterocycles. The predicted molar refractivity (Wildman–Crippen MR) is 88.6 cm³/mol. The van der Waals surface area contributed by atoms with E-state index in [9.17, 15) is 4.79 Å². The number of para-hydroxylation sites is 1. The van der Waals surface area contributed by atoms with E-state index < -0.39 is 0 Å². The van der Waals surface area contributed by atoms with Gasteiger partial charge in [-0.05, 0) is 29.8 Å². The van der Waals surface area contributed by atoms with Crippen LogP contribution in [0.1, 0.15) is 5.56 Å². The van der Waals surface area contributed by atoms with Crippen molar-refractivity contribution in [3.8, 4) is 5.75 Å². The highest BCUT2D eigenvalue weighted by atomic mass is 35.5. The summed E-state index contributed by atoms with van der Waals surface area (Å²) < 4.78 is 5.23. The number of H-pyrrole nitrogens is 1. The number of rotatable bonds is 4. The Morgan fingerprint density at radius 3 is 2.91 bits per heavy atom. The molecule has 22 heavy (non-hydrogen) atoms. The van der Waals surface area contributed by atoms with Gasteiger partial charge in [0.15, 0.2) is 0 Å². The van der Waals surface area contributed by atoms with Crippen LogP contribution in [-0.4, -0.2) is 18.0 Å². The van der Waals surface area contributed by atoms with Crippen LogP contribution in [0.3, 0.4) is 0 Å². The van der Waals surface area contributed by atoms with Crippen molar-refractivity contribution in [1.29, 1.82) is 0 Å². The van der Waals surface area contributed by atoms with E-state index in [1.54, 1.807) is 25.3 Å². The number of carbonyl (C=O) groups is 1. The fraction of sp³-hybridized carbons (Fsp3) is 0.118. The van der Waals surface area contributed by atoms with Crippen LogP contribution in [0.4, 0.5) is 5.69 Å². The average molecular weight is 315 g/mol. The number of ether oxygens (including phenoxy) is 1. The first kappa shape index (κ1) is 14.5.